The lowest BCUT2D eigenvalue weighted by Crippen LogP contribution is -2.42. The number of pyridine rings is 6. The van der Waals surface area contributed by atoms with Crippen molar-refractivity contribution < 1.29 is 23.1 Å². The minimum Gasteiger partial charge on any atom is -0.444 e. The fourth-order valence-corrected chi connectivity index (χ4v) is 9.97. The molecule has 0 saturated carbocycles. The molecule has 12 rings (SSSR count). The van der Waals surface area contributed by atoms with Gasteiger partial charge in [-0.1, -0.05) is 24.3 Å². The van der Waals surface area contributed by atoms with E-state index in [0.717, 1.165) is 94.1 Å². The summed E-state index contributed by atoms with van der Waals surface area (Å²) in [5.41, 5.74) is 10.0. The number of rotatable bonds is 8. The number of aromatic nitrogens is 10. The van der Waals surface area contributed by atoms with E-state index in [1.54, 1.807) is 53.8 Å². The predicted molar refractivity (Wildman–Crippen MR) is 298 cm³/mol. The lowest BCUT2D eigenvalue weighted by Gasteiger charge is -2.33. The van der Waals surface area contributed by atoms with Crippen molar-refractivity contribution in [3.05, 3.63) is 171 Å². The van der Waals surface area contributed by atoms with Crippen molar-refractivity contribution in [1.82, 2.24) is 59.3 Å². The maximum absolute atomic E-state index is 14.7. The topological polar surface area (TPSA) is 163 Å². The molecule has 1 amide bonds. The fourth-order valence-electron chi connectivity index (χ4n) is 9.97. The summed E-state index contributed by atoms with van der Waals surface area (Å²) in [6, 6.07) is 29.6. The molecule has 17 heteroatoms. The van der Waals surface area contributed by atoms with E-state index < -0.39 is 5.60 Å². The molecule has 0 atom stereocenters. The van der Waals surface area contributed by atoms with Gasteiger partial charge in [0.1, 0.15) is 24.0 Å². The summed E-state index contributed by atoms with van der Waals surface area (Å²) in [7, 11) is 2.16. The smallest absolute Gasteiger partial charge is 0.410 e. The zero-order valence-corrected chi connectivity index (χ0v) is 43.9. The average molecular weight is 1050 g/mol. The van der Waals surface area contributed by atoms with E-state index in [1.807, 2.05) is 112 Å². The highest BCUT2D eigenvalue weighted by Gasteiger charge is 2.28. The highest BCUT2D eigenvalue weighted by molar-refractivity contribution is 5.96. The second-order valence-corrected chi connectivity index (χ2v) is 20.4. The molecule has 2 fully saturated rings. The van der Waals surface area contributed by atoms with E-state index >= 15 is 0 Å². The first-order valence-corrected chi connectivity index (χ1v) is 25.9. The summed E-state index contributed by atoms with van der Waals surface area (Å²) in [6.45, 7) is 11.1. The number of hydrogen-bond donors (Lipinski definition) is 0. The second kappa shape index (κ2) is 23.1. The van der Waals surface area contributed by atoms with Gasteiger partial charge in [0, 0.05) is 118 Å². The van der Waals surface area contributed by atoms with Crippen LogP contribution in [0.4, 0.5) is 13.6 Å². The summed E-state index contributed by atoms with van der Waals surface area (Å²) in [5.74, 6) is -0.646. The van der Waals surface area contributed by atoms with Crippen molar-refractivity contribution in [2.45, 2.75) is 64.1 Å². The number of halogens is 2. The van der Waals surface area contributed by atoms with Crippen molar-refractivity contribution in [1.29, 1.82) is 0 Å². The Bertz CT molecular complexity index is 3730. The third kappa shape index (κ3) is 11.7. The summed E-state index contributed by atoms with van der Waals surface area (Å²) in [5, 5.41) is 11.1. The molecule has 0 aliphatic carbocycles. The van der Waals surface area contributed by atoms with Gasteiger partial charge in [0.2, 0.25) is 0 Å². The van der Waals surface area contributed by atoms with Crippen LogP contribution >= 0.6 is 0 Å². The maximum Gasteiger partial charge on any atom is 0.410 e. The first-order valence-electron chi connectivity index (χ1n) is 25.9. The van der Waals surface area contributed by atoms with Gasteiger partial charge in [-0.2, -0.15) is 10.2 Å². The molecule has 0 bridgehead atoms. The van der Waals surface area contributed by atoms with E-state index in [0.29, 0.717) is 52.9 Å². The summed E-state index contributed by atoms with van der Waals surface area (Å²) in [6.07, 6.45) is 22.1. The van der Waals surface area contributed by atoms with Gasteiger partial charge in [0.15, 0.2) is 11.3 Å². The van der Waals surface area contributed by atoms with Crippen LogP contribution in [-0.4, -0.2) is 111 Å². The normalized spacial score (nSPS) is 14.4. The number of carbonyl (C=O) groups excluding carboxylic acids is 2. The van der Waals surface area contributed by atoms with Gasteiger partial charge >= 0.3 is 6.09 Å². The molecule has 0 unspecified atom stereocenters. The number of fused-ring (bicyclic) bond motifs is 2. The molecular weight excluding hydrogens is 987 g/mol. The number of ether oxygens (including phenoxy) is 1. The number of benzene rings is 2. The zero-order chi connectivity index (χ0) is 54.3. The van der Waals surface area contributed by atoms with Crippen LogP contribution < -0.4 is 0 Å². The molecule has 8 aromatic heterocycles. The average Bonchev–Trinajstić information content (AvgIpc) is 4.21. The van der Waals surface area contributed by atoms with E-state index in [2.05, 4.69) is 75.1 Å². The van der Waals surface area contributed by atoms with E-state index in [-0.39, 0.29) is 23.8 Å². The van der Waals surface area contributed by atoms with Gasteiger partial charge < -0.3 is 19.3 Å². The first kappa shape index (κ1) is 52.5. The van der Waals surface area contributed by atoms with Crippen molar-refractivity contribution >= 4 is 34.9 Å². The Morgan fingerprint density at radius 1 is 0.551 bits per heavy atom. The number of piperidine rings is 2. The van der Waals surface area contributed by atoms with Gasteiger partial charge in [-0.15, -0.1) is 0 Å². The number of amides is 1. The molecule has 2 aliphatic heterocycles. The van der Waals surface area contributed by atoms with E-state index in [4.69, 9.17) is 9.53 Å². The zero-order valence-electron chi connectivity index (χ0n) is 43.9. The molecular formula is C61H58F2N12O3. The van der Waals surface area contributed by atoms with Crippen LogP contribution in [0.5, 0.6) is 0 Å². The van der Waals surface area contributed by atoms with Crippen molar-refractivity contribution in [2.24, 2.45) is 0 Å². The van der Waals surface area contributed by atoms with Gasteiger partial charge in [0.25, 0.3) is 0 Å². The van der Waals surface area contributed by atoms with Crippen LogP contribution in [-0.2, 0) is 9.53 Å². The highest BCUT2D eigenvalue weighted by Crippen LogP contribution is 2.37. The van der Waals surface area contributed by atoms with Crippen LogP contribution in [0.15, 0.2) is 159 Å². The highest BCUT2D eigenvalue weighted by atomic mass is 19.1. The molecule has 78 heavy (non-hydrogen) atoms. The van der Waals surface area contributed by atoms with Crippen LogP contribution in [0, 0.1) is 11.6 Å². The molecule has 2 aromatic carbocycles. The Kier molecular flexibility index (Phi) is 15.5. The Labute approximate surface area is 450 Å². The lowest BCUT2D eigenvalue weighted by atomic mass is 9.99. The standard InChI is InChI=1S/C32H31FN6O2.C28H25FN6.CH2O/c1-32(2,3)41-31(40)38-13-10-24(11-14-38)39-20-23(19-36-39)21-15-22(18-34-17-21)27-16-29(26-7-4-5-9-28(26)33)37-30-25(27)8-6-12-35-30;1-34-11-8-22(9-12-34)35-18-21(17-32-35)19-13-20(16-30-15-19)25-14-27(24-5-2-3-7-26(24)29)33-28-23(25)6-4-10-31-28;1-2/h4-9,12,15-20,24H,10-11,13-14H2,1-3H3;2-7,10,13-18,22H,8-9,11-12H2,1H3;1H2. The summed E-state index contributed by atoms with van der Waals surface area (Å²) in [4.78, 5) is 51.8. The minimum absolute atomic E-state index is 0.192. The largest absolute Gasteiger partial charge is 0.444 e. The molecule has 2 saturated heterocycles. The molecule has 10 heterocycles. The molecule has 0 spiro atoms. The summed E-state index contributed by atoms with van der Waals surface area (Å²) >= 11 is 0. The number of likely N-dealkylation sites (tertiary alicyclic amines) is 2. The predicted octanol–water partition coefficient (Wildman–Crippen LogP) is 12.4. The molecule has 2 aliphatic rings. The van der Waals surface area contributed by atoms with Crippen LogP contribution in [0.25, 0.3) is 89.1 Å². The van der Waals surface area contributed by atoms with Crippen molar-refractivity contribution in [2.75, 3.05) is 33.2 Å². The Balaban J connectivity index is 0.000000173. The number of carbonyl (C=O) groups is 2. The van der Waals surface area contributed by atoms with E-state index in [1.165, 1.54) is 12.1 Å². The monoisotopic (exact) mass is 1040 g/mol. The Hall–Kier alpha value is -8.96. The third-order valence-corrected chi connectivity index (χ3v) is 14.0. The lowest BCUT2D eigenvalue weighted by molar-refractivity contribution is -0.0980. The van der Waals surface area contributed by atoms with Gasteiger partial charge in [-0.25, -0.2) is 33.5 Å². The molecule has 0 N–H and O–H groups in total. The van der Waals surface area contributed by atoms with Crippen LogP contribution in [0.1, 0.15) is 58.5 Å². The molecule has 0 radical (unpaired) electrons. The number of hydrogen-bond acceptors (Lipinski definition) is 12. The second-order valence-electron chi connectivity index (χ2n) is 20.4. The first-order chi connectivity index (χ1) is 37.9. The molecule has 10 aromatic rings. The SMILES string of the molecule is C=O.CC(C)(C)OC(=O)N1CCC(n2cc(-c3cncc(-c4cc(-c5ccccc5F)nc5ncccc45)c3)cn2)CC1.CN1CCC(n2cc(-c3cncc(-c4cc(-c5ccccc5F)nc5ncccc45)c3)cn2)CC1. The molecule has 394 valence electrons. The number of nitrogens with zero attached hydrogens (tertiary/aromatic N) is 12. The minimum atomic E-state index is -0.508. The van der Waals surface area contributed by atoms with Crippen molar-refractivity contribution in [3.8, 4) is 67.0 Å². The quantitative estimate of drug-likeness (QED) is 0.142. The van der Waals surface area contributed by atoms with Crippen molar-refractivity contribution in [3.63, 3.8) is 0 Å². The van der Waals surface area contributed by atoms with Crippen LogP contribution in [0.3, 0.4) is 0 Å². The van der Waals surface area contributed by atoms with Crippen LogP contribution in [0.2, 0.25) is 0 Å². The fraction of sp³-hybridized carbons (Fsp3) is 0.246. The van der Waals surface area contributed by atoms with Gasteiger partial charge in [-0.3, -0.25) is 19.3 Å². The maximum atomic E-state index is 14.7. The van der Waals surface area contributed by atoms with Gasteiger partial charge in [-0.05, 0) is 151 Å². The molecule has 15 nitrogen and oxygen atoms in total. The Morgan fingerprint density at radius 2 is 0.987 bits per heavy atom. The summed E-state index contributed by atoms with van der Waals surface area (Å²) < 4.78 is 38.9. The van der Waals surface area contributed by atoms with E-state index in [9.17, 15) is 13.6 Å². The van der Waals surface area contributed by atoms with Gasteiger partial charge in [0.05, 0.1) is 35.9 Å². The third-order valence-electron chi connectivity index (χ3n) is 14.0. The Morgan fingerprint density at radius 3 is 1.44 bits per heavy atom.